The van der Waals surface area contributed by atoms with E-state index in [0.717, 1.165) is 35.6 Å². The Morgan fingerprint density at radius 3 is 2.86 bits per heavy atom. The molecule has 0 amide bonds. The predicted octanol–water partition coefficient (Wildman–Crippen LogP) is 3.98. The third-order valence-electron chi connectivity index (χ3n) is 2.70. The van der Waals surface area contributed by atoms with Crippen molar-refractivity contribution in [2.75, 3.05) is 19.3 Å². The molecule has 0 aliphatic rings. The second kappa shape index (κ2) is 11.3. The molecule has 2 rings (SSSR count). The van der Waals surface area contributed by atoms with Crippen LogP contribution >= 0.6 is 58.4 Å². The van der Waals surface area contributed by atoms with E-state index in [0.29, 0.717) is 0 Å². The molecule has 2 aromatic heterocycles. The molecule has 0 aliphatic carbocycles. The molecule has 22 heavy (non-hydrogen) atoms. The van der Waals surface area contributed by atoms with Gasteiger partial charge in [0, 0.05) is 40.7 Å². The molecule has 0 aromatic carbocycles. The SMILES string of the molecule is CN=C(NCCCSc1nccs1)NCc1ccc(C)s1.I. The molecular weight excluding hydrogens is 447 g/mol. The standard InChI is InChI=1S/C14H20N4S3.HI/c1-11-4-5-12(21-11)10-18-13(15-2)16-6-3-8-19-14-17-7-9-20-14;/h4-5,7,9H,3,6,8,10H2,1-2H3,(H2,15,16,18);1H. The first-order valence-electron chi connectivity index (χ1n) is 6.80. The van der Waals surface area contributed by atoms with Gasteiger partial charge in [-0.15, -0.1) is 46.7 Å². The molecule has 0 atom stereocenters. The van der Waals surface area contributed by atoms with Crippen molar-refractivity contribution in [2.45, 2.75) is 24.2 Å². The van der Waals surface area contributed by atoms with E-state index in [9.17, 15) is 0 Å². The van der Waals surface area contributed by atoms with E-state index in [2.05, 4.69) is 39.7 Å². The number of hydrogen-bond acceptors (Lipinski definition) is 5. The lowest BCUT2D eigenvalue weighted by atomic mass is 10.4. The fraction of sp³-hybridized carbons (Fsp3) is 0.429. The quantitative estimate of drug-likeness (QED) is 0.212. The Labute approximate surface area is 161 Å². The highest BCUT2D eigenvalue weighted by Gasteiger charge is 2.01. The highest BCUT2D eigenvalue weighted by Crippen LogP contribution is 2.20. The van der Waals surface area contributed by atoms with Gasteiger partial charge in [0.05, 0.1) is 6.54 Å². The first kappa shape index (κ1) is 19.7. The van der Waals surface area contributed by atoms with Crippen LogP contribution in [0.5, 0.6) is 0 Å². The largest absolute Gasteiger partial charge is 0.356 e. The summed E-state index contributed by atoms with van der Waals surface area (Å²) >= 11 is 5.32. The second-order valence-electron chi connectivity index (χ2n) is 4.36. The van der Waals surface area contributed by atoms with E-state index < -0.39 is 0 Å². The van der Waals surface area contributed by atoms with Crippen molar-refractivity contribution < 1.29 is 0 Å². The Hall–Kier alpha value is -0.320. The van der Waals surface area contributed by atoms with E-state index in [4.69, 9.17) is 0 Å². The molecule has 8 heteroatoms. The van der Waals surface area contributed by atoms with Gasteiger partial charge in [0.25, 0.3) is 0 Å². The van der Waals surface area contributed by atoms with Gasteiger partial charge in [-0.25, -0.2) is 4.98 Å². The van der Waals surface area contributed by atoms with Crippen molar-refractivity contribution in [3.05, 3.63) is 33.5 Å². The van der Waals surface area contributed by atoms with Gasteiger partial charge in [0.15, 0.2) is 5.96 Å². The average Bonchev–Trinajstić information content (AvgIpc) is 3.13. The highest BCUT2D eigenvalue weighted by atomic mass is 127. The summed E-state index contributed by atoms with van der Waals surface area (Å²) in [7, 11) is 1.80. The van der Waals surface area contributed by atoms with Crippen LogP contribution in [0.2, 0.25) is 0 Å². The molecule has 122 valence electrons. The van der Waals surface area contributed by atoms with Crippen molar-refractivity contribution in [1.82, 2.24) is 15.6 Å². The number of aryl methyl sites for hydroxylation is 1. The van der Waals surface area contributed by atoms with E-state index in [1.54, 1.807) is 18.4 Å². The number of nitrogens with one attached hydrogen (secondary N) is 2. The van der Waals surface area contributed by atoms with Crippen molar-refractivity contribution in [3.63, 3.8) is 0 Å². The molecule has 4 nitrogen and oxygen atoms in total. The summed E-state index contributed by atoms with van der Waals surface area (Å²) in [6.45, 7) is 3.87. The van der Waals surface area contributed by atoms with Gasteiger partial charge in [-0.2, -0.15) is 0 Å². The molecule has 0 saturated heterocycles. The number of thioether (sulfide) groups is 1. The smallest absolute Gasteiger partial charge is 0.191 e. The fourth-order valence-electron chi connectivity index (χ4n) is 1.69. The van der Waals surface area contributed by atoms with Gasteiger partial charge in [0.1, 0.15) is 4.34 Å². The van der Waals surface area contributed by atoms with Crippen LogP contribution in [0.4, 0.5) is 0 Å². The van der Waals surface area contributed by atoms with Crippen molar-refractivity contribution in [2.24, 2.45) is 4.99 Å². The molecule has 2 N–H and O–H groups in total. The molecule has 0 fully saturated rings. The number of hydrogen-bond donors (Lipinski definition) is 2. The predicted molar refractivity (Wildman–Crippen MR) is 110 cm³/mol. The maximum absolute atomic E-state index is 4.26. The second-order valence-corrected chi connectivity index (χ2v) is 7.97. The Morgan fingerprint density at radius 1 is 1.36 bits per heavy atom. The Balaban J connectivity index is 0.00000242. The number of halogens is 1. The minimum Gasteiger partial charge on any atom is -0.356 e. The average molecular weight is 468 g/mol. The summed E-state index contributed by atoms with van der Waals surface area (Å²) in [5.41, 5.74) is 0. The van der Waals surface area contributed by atoms with Crippen LogP contribution in [0.3, 0.4) is 0 Å². The number of guanidine groups is 1. The maximum atomic E-state index is 4.26. The van der Waals surface area contributed by atoms with Gasteiger partial charge < -0.3 is 10.6 Å². The monoisotopic (exact) mass is 468 g/mol. The minimum atomic E-state index is 0. The van der Waals surface area contributed by atoms with Gasteiger partial charge in [-0.3, -0.25) is 4.99 Å². The first-order chi connectivity index (χ1) is 10.3. The van der Waals surface area contributed by atoms with Gasteiger partial charge in [-0.05, 0) is 25.5 Å². The fourth-order valence-corrected chi connectivity index (χ4v) is 4.17. The molecule has 0 radical (unpaired) electrons. The number of thiazole rings is 1. The normalized spacial score (nSPS) is 11.1. The zero-order chi connectivity index (χ0) is 14.9. The van der Waals surface area contributed by atoms with Crippen LogP contribution in [0, 0.1) is 6.92 Å². The summed E-state index contributed by atoms with van der Waals surface area (Å²) in [4.78, 5) is 11.2. The number of thiophene rings is 1. The topological polar surface area (TPSA) is 49.3 Å². The van der Waals surface area contributed by atoms with Crippen LogP contribution < -0.4 is 10.6 Å². The Kier molecular flexibility index (Phi) is 10.1. The van der Waals surface area contributed by atoms with Crippen molar-refractivity contribution in [1.29, 1.82) is 0 Å². The number of nitrogens with zero attached hydrogens (tertiary/aromatic N) is 2. The number of rotatable bonds is 7. The van der Waals surface area contributed by atoms with Gasteiger partial charge in [-0.1, -0.05) is 11.8 Å². The van der Waals surface area contributed by atoms with E-state index in [1.165, 1.54) is 9.75 Å². The zero-order valence-corrected chi connectivity index (χ0v) is 17.4. The van der Waals surface area contributed by atoms with Crippen LogP contribution in [-0.2, 0) is 6.54 Å². The van der Waals surface area contributed by atoms with Gasteiger partial charge in [0.2, 0.25) is 0 Å². The highest BCUT2D eigenvalue weighted by molar-refractivity contribution is 14.0. The molecule has 0 spiro atoms. The van der Waals surface area contributed by atoms with E-state index >= 15 is 0 Å². The summed E-state index contributed by atoms with van der Waals surface area (Å²) in [6.07, 6.45) is 2.94. The molecule has 0 bridgehead atoms. The lowest BCUT2D eigenvalue weighted by Gasteiger charge is -2.10. The maximum Gasteiger partial charge on any atom is 0.191 e. The van der Waals surface area contributed by atoms with E-state index in [-0.39, 0.29) is 24.0 Å². The van der Waals surface area contributed by atoms with Crippen LogP contribution in [0.25, 0.3) is 0 Å². The lowest BCUT2D eigenvalue weighted by Crippen LogP contribution is -2.37. The van der Waals surface area contributed by atoms with Crippen LogP contribution in [0.1, 0.15) is 16.2 Å². The molecule has 0 unspecified atom stereocenters. The van der Waals surface area contributed by atoms with Crippen LogP contribution in [-0.4, -0.2) is 30.3 Å². The number of aromatic nitrogens is 1. The molecule has 0 saturated carbocycles. The molecule has 2 aromatic rings. The van der Waals surface area contributed by atoms with E-state index in [1.807, 2.05) is 34.7 Å². The molecule has 2 heterocycles. The minimum absolute atomic E-state index is 0. The summed E-state index contributed by atoms with van der Waals surface area (Å²) in [6, 6.07) is 4.30. The third kappa shape index (κ3) is 7.30. The zero-order valence-electron chi connectivity index (χ0n) is 12.7. The Morgan fingerprint density at radius 2 is 2.23 bits per heavy atom. The summed E-state index contributed by atoms with van der Waals surface area (Å²) in [5, 5.41) is 8.69. The third-order valence-corrected chi connectivity index (χ3v) is 5.75. The summed E-state index contributed by atoms with van der Waals surface area (Å²) < 4.78 is 1.14. The molecule has 0 aliphatic heterocycles. The molecular formula is C14H21IN4S3. The van der Waals surface area contributed by atoms with Crippen molar-refractivity contribution >= 4 is 64.4 Å². The van der Waals surface area contributed by atoms with Crippen LogP contribution in [0.15, 0.2) is 33.0 Å². The first-order valence-corrected chi connectivity index (χ1v) is 9.48. The number of aliphatic imine (C=N–C) groups is 1. The Bertz CT molecular complexity index is 554. The van der Waals surface area contributed by atoms with Crippen molar-refractivity contribution in [3.8, 4) is 0 Å². The summed E-state index contributed by atoms with van der Waals surface area (Å²) in [5.74, 6) is 1.93. The lowest BCUT2D eigenvalue weighted by molar-refractivity contribution is 0.789. The van der Waals surface area contributed by atoms with Gasteiger partial charge >= 0.3 is 0 Å².